The molecule has 1 fully saturated rings. The van der Waals surface area contributed by atoms with E-state index in [9.17, 15) is 13.2 Å². The number of carbonyl (C=O) groups excluding carboxylic acids is 1. The molecular formula is C16H28Cl2N5O3S+. The van der Waals surface area contributed by atoms with Crippen LogP contribution in [0, 0.1) is 0 Å². The summed E-state index contributed by atoms with van der Waals surface area (Å²) in [4.78, 5) is 15.7. The van der Waals surface area contributed by atoms with E-state index in [-0.39, 0.29) is 41.2 Å². The third-order valence-electron chi connectivity index (χ3n) is 4.61. The largest absolute Gasteiger partial charge is 0.370 e. The van der Waals surface area contributed by atoms with Gasteiger partial charge in [0.15, 0.2) is 21.5 Å². The van der Waals surface area contributed by atoms with E-state index in [4.69, 9.17) is 11.5 Å². The van der Waals surface area contributed by atoms with E-state index in [1.807, 2.05) is 19.1 Å². The molecular weight excluding hydrogens is 413 g/mol. The van der Waals surface area contributed by atoms with Gasteiger partial charge in [-0.25, -0.2) is 13.0 Å². The number of halogens is 2. The maximum atomic E-state index is 12.4. The summed E-state index contributed by atoms with van der Waals surface area (Å²) in [6, 6.07) is 4.66. The van der Waals surface area contributed by atoms with Gasteiger partial charge in [-0.1, -0.05) is 0 Å². The van der Waals surface area contributed by atoms with Gasteiger partial charge in [0.05, 0.1) is 0 Å². The van der Waals surface area contributed by atoms with Crippen LogP contribution in [0.2, 0.25) is 0 Å². The summed E-state index contributed by atoms with van der Waals surface area (Å²) in [7, 11) is 0.336. The fourth-order valence-electron chi connectivity index (χ4n) is 3.36. The highest BCUT2D eigenvalue weighted by molar-refractivity contribution is 7.90. The lowest BCUT2D eigenvalue weighted by atomic mass is 10.1. The molecule has 0 aliphatic carbocycles. The number of piperidine rings is 1. The molecule has 0 aromatic heterocycles. The Morgan fingerprint density at radius 1 is 1.11 bits per heavy atom. The second-order valence-electron chi connectivity index (χ2n) is 6.57. The number of nitrogens with two attached hydrogens (primary N) is 2. The molecule has 0 spiro atoms. The second kappa shape index (κ2) is 9.70. The number of nitrogens with zero attached hydrogens (tertiary/aromatic N) is 3. The number of sulfone groups is 1. The topological polar surface area (TPSA) is 119 Å². The Morgan fingerprint density at radius 2 is 1.67 bits per heavy atom. The fraction of sp³-hybridized carbons (Fsp3) is 0.500. The zero-order valence-corrected chi connectivity index (χ0v) is 18.2. The van der Waals surface area contributed by atoms with Crippen LogP contribution in [0.3, 0.4) is 0 Å². The van der Waals surface area contributed by atoms with E-state index in [2.05, 4.69) is 4.99 Å². The summed E-state index contributed by atoms with van der Waals surface area (Å²) < 4.78 is 25.3. The first-order chi connectivity index (χ1) is 11.6. The van der Waals surface area contributed by atoms with Crippen molar-refractivity contribution in [3.8, 4) is 0 Å². The highest BCUT2D eigenvalue weighted by Crippen LogP contribution is 2.36. The number of rotatable bonds is 4. The van der Waals surface area contributed by atoms with Crippen molar-refractivity contribution in [3.05, 3.63) is 23.8 Å². The van der Waals surface area contributed by atoms with Crippen LogP contribution in [0.5, 0.6) is 0 Å². The van der Waals surface area contributed by atoms with Gasteiger partial charge in [0.2, 0.25) is 0 Å². The van der Waals surface area contributed by atoms with E-state index < -0.39 is 15.7 Å². The van der Waals surface area contributed by atoms with Crippen molar-refractivity contribution in [2.24, 2.45) is 16.5 Å². The zero-order valence-electron chi connectivity index (χ0n) is 15.7. The van der Waals surface area contributed by atoms with Crippen LogP contribution < -0.4 is 16.1 Å². The van der Waals surface area contributed by atoms with Gasteiger partial charge in [0.1, 0.15) is 18.0 Å². The van der Waals surface area contributed by atoms with Crippen molar-refractivity contribution in [3.63, 3.8) is 0 Å². The molecule has 27 heavy (non-hydrogen) atoms. The fourth-order valence-corrected chi connectivity index (χ4v) is 4.32. The van der Waals surface area contributed by atoms with E-state index in [1.54, 1.807) is 12.1 Å². The smallest absolute Gasteiger partial charge is 0.280 e. The van der Waals surface area contributed by atoms with E-state index >= 15 is 0 Å². The van der Waals surface area contributed by atoms with Crippen LogP contribution >= 0.6 is 24.8 Å². The molecule has 1 saturated heterocycles. The summed E-state index contributed by atoms with van der Waals surface area (Å²) in [5.41, 5.74) is 11.3. The van der Waals surface area contributed by atoms with Crippen molar-refractivity contribution in [2.45, 2.75) is 24.2 Å². The van der Waals surface area contributed by atoms with Crippen molar-refractivity contribution in [1.29, 1.82) is 0 Å². The van der Waals surface area contributed by atoms with Crippen molar-refractivity contribution in [1.82, 2.24) is 9.60 Å². The molecule has 0 bridgehead atoms. The summed E-state index contributed by atoms with van der Waals surface area (Å²) in [5.74, 6) is -1.02. The molecule has 0 radical (unpaired) electrons. The number of hydrogen-bond acceptors (Lipinski definition) is 4. The van der Waals surface area contributed by atoms with Crippen molar-refractivity contribution in [2.75, 3.05) is 33.4 Å². The minimum absolute atomic E-state index is 0. The van der Waals surface area contributed by atoms with Gasteiger partial charge in [-0.2, -0.15) is 10.0 Å². The lowest BCUT2D eigenvalue weighted by Gasteiger charge is -2.45. The van der Waals surface area contributed by atoms with Crippen molar-refractivity contribution < 1.29 is 13.2 Å². The Bertz CT molecular complexity index is 802. The maximum Gasteiger partial charge on any atom is 0.280 e. The first-order valence-electron chi connectivity index (χ1n) is 8.11. The molecule has 1 aliphatic heterocycles. The monoisotopic (exact) mass is 440 g/mol. The predicted molar refractivity (Wildman–Crippen MR) is 113 cm³/mol. The molecule has 1 heterocycles. The van der Waals surface area contributed by atoms with Crippen LogP contribution in [0.25, 0.3) is 0 Å². The molecule has 11 heteroatoms. The molecule has 154 valence electrons. The average Bonchev–Trinajstić information content (AvgIpc) is 2.53. The number of amides is 1. The van der Waals surface area contributed by atoms with Gasteiger partial charge >= 0.3 is 0 Å². The Kier molecular flexibility index (Phi) is 9.20. The number of aliphatic imine (C=N–C) groups is 1. The molecule has 1 amide bonds. The summed E-state index contributed by atoms with van der Waals surface area (Å²) in [6.07, 6.45) is 4.30. The van der Waals surface area contributed by atoms with Gasteiger partial charge in [-0.15, -0.1) is 24.8 Å². The normalized spacial score (nSPS) is 16.0. The maximum absolute atomic E-state index is 12.4. The molecule has 1 aliphatic rings. The van der Waals surface area contributed by atoms with Crippen LogP contribution in [0.4, 0.5) is 5.69 Å². The third-order valence-corrected chi connectivity index (χ3v) is 5.73. The summed E-state index contributed by atoms with van der Waals surface area (Å²) in [5, 5.41) is 2.03. The first kappa shape index (κ1) is 25.6. The van der Waals surface area contributed by atoms with Crippen molar-refractivity contribution >= 4 is 52.2 Å². The van der Waals surface area contributed by atoms with Crippen LogP contribution in [0.15, 0.2) is 28.1 Å². The van der Waals surface area contributed by atoms with Gasteiger partial charge < -0.3 is 11.5 Å². The van der Waals surface area contributed by atoms with Gasteiger partial charge in [0.25, 0.3) is 5.91 Å². The minimum atomic E-state index is -3.54. The molecule has 4 N–H and O–H groups in total. The minimum Gasteiger partial charge on any atom is -0.370 e. The molecule has 1 aromatic carbocycles. The molecule has 1 aromatic rings. The number of quaternary nitrogens is 1. The lowest BCUT2D eigenvalue weighted by molar-refractivity contribution is 0.0125. The Morgan fingerprint density at radius 3 is 2.11 bits per heavy atom. The number of guanidine groups is 1. The molecule has 0 saturated carbocycles. The number of hydrogen-bond donors (Lipinski definition) is 2. The Balaban J connectivity index is 0.00000338. The quantitative estimate of drug-likeness (QED) is 0.413. The lowest BCUT2D eigenvalue weighted by Crippen LogP contribution is -2.61. The second-order valence-corrected chi connectivity index (χ2v) is 8.56. The van der Waals surface area contributed by atoms with Crippen LogP contribution in [-0.2, 0) is 9.84 Å². The Hall–Kier alpha value is -1.39. The standard InChI is InChI=1S/C16H25N5O3S.2ClH/c1-20(2)21(9-5-4-6-10-21)13-8-7-12(15(22)19-16(17)18)11-14(13)25(3,23)24;;/h7-8,11H,4-6,9-10H2,1-3H3,(H3-,17,18,19,22);2*1H/p+1. The van der Waals surface area contributed by atoms with E-state index in [1.165, 1.54) is 6.07 Å². The molecule has 2 rings (SSSR count). The summed E-state index contributed by atoms with van der Waals surface area (Å²) >= 11 is 0. The van der Waals surface area contributed by atoms with Gasteiger partial charge in [0, 0.05) is 32.0 Å². The first-order valence-corrected chi connectivity index (χ1v) is 10.0. The third kappa shape index (κ3) is 5.55. The number of carbonyl (C=O) groups is 1. The van der Waals surface area contributed by atoms with Crippen LogP contribution in [0.1, 0.15) is 29.6 Å². The highest BCUT2D eigenvalue weighted by Gasteiger charge is 2.39. The predicted octanol–water partition coefficient (Wildman–Crippen LogP) is 1.32. The highest BCUT2D eigenvalue weighted by atomic mass is 35.5. The van der Waals surface area contributed by atoms with E-state index in [0.29, 0.717) is 10.3 Å². The molecule has 8 nitrogen and oxygen atoms in total. The van der Waals surface area contributed by atoms with Gasteiger partial charge in [-0.3, -0.25) is 4.79 Å². The van der Waals surface area contributed by atoms with Gasteiger partial charge in [-0.05, 0) is 31.4 Å². The number of benzene rings is 1. The zero-order chi connectivity index (χ0) is 18.8. The van der Waals surface area contributed by atoms with Crippen LogP contribution in [-0.4, -0.2) is 58.7 Å². The Labute approximate surface area is 172 Å². The average molecular weight is 441 g/mol. The molecule has 0 atom stereocenters. The molecule has 0 unspecified atom stereocenters. The van der Waals surface area contributed by atoms with E-state index in [0.717, 1.165) is 38.6 Å². The summed E-state index contributed by atoms with van der Waals surface area (Å²) in [6.45, 7) is 1.63. The SMILES string of the molecule is CN(C)[N+]1(c2ccc(C(=O)N=C(N)N)cc2S(C)(=O)=O)CCCCC1.Cl.Cl.